The minimum atomic E-state index is -0.702. The molecule has 0 spiro atoms. The first kappa shape index (κ1) is 11.9. The van der Waals surface area contributed by atoms with Gasteiger partial charge in [-0.05, 0) is 32.6 Å². The molecular formula is C10H19NO2S. The van der Waals surface area contributed by atoms with Crippen molar-refractivity contribution in [1.82, 2.24) is 4.90 Å². The summed E-state index contributed by atoms with van der Waals surface area (Å²) < 4.78 is 0. The molecule has 82 valence electrons. The lowest BCUT2D eigenvalue weighted by Crippen LogP contribution is -2.46. The molecule has 1 aliphatic rings. The molecule has 0 amide bonds. The topological polar surface area (TPSA) is 40.5 Å². The number of thioether (sulfide) groups is 1. The van der Waals surface area contributed by atoms with Crippen LogP contribution < -0.4 is 0 Å². The maximum absolute atomic E-state index is 10.7. The highest BCUT2D eigenvalue weighted by atomic mass is 32.2. The summed E-state index contributed by atoms with van der Waals surface area (Å²) in [6, 6.07) is 0. The number of hydrogen-bond donors (Lipinski definition) is 1. The smallest absolute Gasteiger partial charge is 0.305 e. The van der Waals surface area contributed by atoms with Gasteiger partial charge in [-0.2, -0.15) is 11.8 Å². The Labute approximate surface area is 89.9 Å². The van der Waals surface area contributed by atoms with Crippen LogP contribution in [0.3, 0.4) is 0 Å². The van der Waals surface area contributed by atoms with Crippen molar-refractivity contribution in [2.24, 2.45) is 0 Å². The van der Waals surface area contributed by atoms with Crippen molar-refractivity contribution >= 4 is 17.7 Å². The summed E-state index contributed by atoms with van der Waals surface area (Å²) in [4.78, 5) is 13.0. The second-order valence-corrected chi connectivity index (χ2v) is 5.56. The zero-order valence-corrected chi connectivity index (χ0v) is 9.77. The Kier molecular flexibility index (Phi) is 4.26. The molecule has 0 bridgehead atoms. The predicted molar refractivity (Wildman–Crippen MR) is 59.8 cm³/mol. The van der Waals surface area contributed by atoms with Crippen LogP contribution in [0.15, 0.2) is 0 Å². The SMILES string of the molecule is CC(C)(CC(=O)O)N1CCCSCC1. The van der Waals surface area contributed by atoms with E-state index in [1.807, 2.05) is 25.6 Å². The zero-order valence-electron chi connectivity index (χ0n) is 8.95. The van der Waals surface area contributed by atoms with Gasteiger partial charge in [-0.15, -0.1) is 0 Å². The fraction of sp³-hybridized carbons (Fsp3) is 0.900. The number of rotatable bonds is 3. The van der Waals surface area contributed by atoms with Crippen LogP contribution in [0.5, 0.6) is 0 Å². The van der Waals surface area contributed by atoms with Gasteiger partial charge < -0.3 is 5.11 Å². The normalized spacial score (nSPS) is 20.4. The van der Waals surface area contributed by atoms with E-state index in [1.165, 1.54) is 12.2 Å². The van der Waals surface area contributed by atoms with Crippen molar-refractivity contribution in [2.75, 3.05) is 24.6 Å². The van der Waals surface area contributed by atoms with Gasteiger partial charge >= 0.3 is 5.97 Å². The van der Waals surface area contributed by atoms with E-state index in [9.17, 15) is 4.79 Å². The molecule has 1 saturated heterocycles. The number of carbonyl (C=O) groups is 1. The third kappa shape index (κ3) is 3.50. The Morgan fingerprint density at radius 2 is 2.14 bits per heavy atom. The van der Waals surface area contributed by atoms with Crippen LogP contribution in [0.1, 0.15) is 26.7 Å². The lowest BCUT2D eigenvalue weighted by molar-refractivity contribution is -0.139. The largest absolute Gasteiger partial charge is 0.481 e. The quantitative estimate of drug-likeness (QED) is 0.781. The fourth-order valence-electron chi connectivity index (χ4n) is 1.83. The highest BCUT2D eigenvalue weighted by molar-refractivity contribution is 7.99. The molecule has 0 aromatic heterocycles. The summed E-state index contributed by atoms with van der Waals surface area (Å²) in [5.74, 6) is 1.63. The first-order valence-corrected chi connectivity index (χ1v) is 6.22. The Hall–Kier alpha value is -0.220. The van der Waals surface area contributed by atoms with E-state index in [-0.39, 0.29) is 12.0 Å². The standard InChI is InChI=1S/C10H19NO2S/c1-10(2,8-9(12)13)11-4-3-6-14-7-5-11/h3-8H2,1-2H3,(H,12,13). The van der Waals surface area contributed by atoms with Crippen molar-refractivity contribution in [3.63, 3.8) is 0 Å². The molecule has 0 aromatic carbocycles. The van der Waals surface area contributed by atoms with Crippen molar-refractivity contribution in [3.05, 3.63) is 0 Å². The lowest BCUT2D eigenvalue weighted by atomic mass is 9.98. The number of aliphatic carboxylic acids is 1. The molecule has 0 aromatic rings. The maximum atomic E-state index is 10.7. The maximum Gasteiger partial charge on any atom is 0.305 e. The van der Waals surface area contributed by atoms with E-state index >= 15 is 0 Å². The van der Waals surface area contributed by atoms with Gasteiger partial charge in [0.05, 0.1) is 6.42 Å². The molecule has 1 aliphatic heterocycles. The van der Waals surface area contributed by atoms with Gasteiger partial charge in [0.15, 0.2) is 0 Å². The van der Waals surface area contributed by atoms with E-state index in [0.29, 0.717) is 0 Å². The van der Waals surface area contributed by atoms with Crippen molar-refractivity contribution in [1.29, 1.82) is 0 Å². The van der Waals surface area contributed by atoms with E-state index < -0.39 is 5.97 Å². The molecule has 1 rings (SSSR count). The second-order valence-electron chi connectivity index (χ2n) is 4.34. The minimum Gasteiger partial charge on any atom is -0.481 e. The summed E-state index contributed by atoms with van der Waals surface area (Å²) in [6.07, 6.45) is 1.41. The summed E-state index contributed by atoms with van der Waals surface area (Å²) in [7, 11) is 0. The Bertz CT molecular complexity index is 198. The predicted octanol–water partition coefficient (Wildman–Crippen LogP) is 1.68. The van der Waals surface area contributed by atoms with Crippen molar-refractivity contribution < 1.29 is 9.90 Å². The van der Waals surface area contributed by atoms with Crippen LogP contribution in [-0.2, 0) is 4.79 Å². The molecule has 0 atom stereocenters. The van der Waals surface area contributed by atoms with Gasteiger partial charge in [0.25, 0.3) is 0 Å². The summed E-state index contributed by atoms with van der Waals surface area (Å²) in [5.41, 5.74) is -0.198. The van der Waals surface area contributed by atoms with E-state index in [1.54, 1.807) is 0 Å². The van der Waals surface area contributed by atoms with Crippen LogP contribution in [-0.4, -0.2) is 46.1 Å². The van der Waals surface area contributed by atoms with E-state index in [0.717, 1.165) is 18.8 Å². The number of nitrogens with zero attached hydrogens (tertiary/aromatic N) is 1. The molecule has 1 N–H and O–H groups in total. The molecule has 3 nitrogen and oxygen atoms in total. The first-order chi connectivity index (χ1) is 6.52. The molecule has 4 heteroatoms. The minimum absolute atomic E-state index is 0.198. The van der Waals surface area contributed by atoms with Gasteiger partial charge in [0.1, 0.15) is 0 Å². The fourth-order valence-corrected chi connectivity index (χ4v) is 2.72. The molecule has 0 saturated carbocycles. The monoisotopic (exact) mass is 217 g/mol. The molecule has 1 fully saturated rings. The first-order valence-electron chi connectivity index (χ1n) is 5.07. The molecule has 1 heterocycles. The summed E-state index contributed by atoms with van der Waals surface area (Å²) in [6.45, 7) is 6.10. The Morgan fingerprint density at radius 1 is 1.43 bits per heavy atom. The molecule has 0 unspecified atom stereocenters. The van der Waals surface area contributed by atoms with E-state index in [2.05, 4.69) is 4.90 Å². The lowest BCUT2D eigenvalue weighted by Gasteiger charge is -2.36. The Morgan fingerprint density at radius 3 is 2.79 bits per heavy atom. The van der Waals surface area contributed by atoms with Crippen LogP contribution in [0.25, 0.3) is 0 Å². The van der Waals surface area contributed by atoms with E-state index in [4.69, 9.17) is 5.11 Å². The van der Waals surface area contributed by atoms with Crippen LogP contribution >= 0.6 is 11.8 Å². The Balaban J connectivity index is 2.54. The van der Waals surface area contributed by atoms with Crippen molar-refractivity contribution in [2.45, 2.75) is 32.2 Å². The molecule has 14 heavy (non-hydrogen) atoms. The molecular weight excluding hydrogens is 198 g/mol. The zero-order chi connectivity index (χ0) is 10.6. The third-order valence-electron chi connectivity index (χ3n) is 2.66. The molecule has 0 radical (unpaired) electrons. The van der Waals surface area contributed by atoms with Crippen LogP contribution in [0.4, 0.5) is 0 Å². The third-order valence-corrected chi connectivity index (χ3v) is 3.71. The highest BCUT2D eigenvalue weighted by Gasteiger charge is 2.29. The van der Waals surface area contributed by atoms with Crippen LogP contribution in [0.2, 0.25) is 0 Å². The average molecular weight is 217 g/mol. The number of carboxylic acids is 1. The molecule has 0 aliphatic carbocycles. The van der Waals surface area contributed by atoms with Crippen molar-refractivity contribution in [3.8, 4) is 0 Å². The highest BCUT2D eigenvalue weighted by Crippen LogP contribution is 2.22. The van der Waals surface area contributed by atoms with Gasteiger partial charge in [-0.3, -0.25) is 9.69 Å². The van der Waals surface area contributed by atoms with Gasteiger partial charge in [0.2, 0.25) is 0 Å². The van der Waals surface area contributed by atoms with Crippen LogP contribution in [0, 0.1) is 0 Å². The summed E-state index contributed by atoms with van der Waals surface area (Å²) in [5, 5.41) is 8.82. The average Bonchev–Trinajstić information content (AvgIpc) is 2.28. The van der Waals surface area contributed by atoms with Gasteiger partial charge in [0, 0.05) is 17.8 Å². The number of hydrogen-bond acceptors (Lipinski definition) is 3. The van der Waals surface area contributed by atoms with Gasteiger partial charge in [-0.25, -0.2) is 0 Å². The summed E-state index contributed by atoms with van der Waals surface area (Å²) >= 11 is 1.97. The number of carboxylic acid groups (broad SMARTS) is 1. The van der Waals surface area contributed by atoms with Gasteiger partial charge in [-0.1, -0.05) is 0 Å². The second kappa shape index (κ2) is 5.03.